The molecule has 0 aliphatic heterocycles. The molecule has 0 saturated heterocycles. The van der Waals surface area contributed by atoms with Crippen molar-refractivity contribution in [1.82, 2.24) is 10.2 Å². The average Bonchev–Trinajstić information content (AvgIpc) is 2.77. The molecule has 174 valence electrons. The highest BCUT2D eigenvalue weighted by Crippen LogP contribution is 2.22. The molecule has 0 fully saturated rings. The minimum atomic E-state index is -0.468. The molecule has 2 aromatic rings. The first-order valence-electron chi connectivity index (χ1n) is 11.3. The first-order chi connectivity index (χ1) is 15.3. The maximum Gasteiger partial charge on any atom is 0.242 e. The molecule has 32 heavy (non-hydrogen) atoms. The molecule has 0 aliphatic rings. The number of benzene rings is 2. The topological polar surface area (TPSA) is 49.4 Å². The smallest absolute Gasteiger partial charge is 0.242 e. The number of aryl methyl sites for hydroxylation is 1. The normalized spacial score (nSPS) is 11.9. The summed E-state index contributed by atoms with van der Waals surface area (Å²) in [4.78, 5) is 29.1. The summed E-state index contributed by atoms with van der Waals surface area (Å²) in [5.74, 6) is 1.15. The zero-order valence-corrected chi connectivity index (χ0v) is 21.1. The third kappa shape index (κ3) is 8.51. The Kier molecular flexibility index (Phi) is 11.1. The van der Waals surface area contributed by atoms with Gasteiger partial charge in [-0.05, 0) is 66.8 Å². The standard InChI is InChI=1S/C26H35ClN2O2S/c1-5-24(26(31)28-17-19(2)3)29(18-21-10-7-6-9-20(21)4)25(30)11-8-16-32-23-14-12-22(27)13-15-23/h6-7,9-10,12-15,19,24H,5,8,11,16-18H2,1-4H3,(H,28,31)/t24-/m1/s1. The lowest BCUT2D eigenvalue weighted by molar-refractivity contribution is -0.141. The highest BCUT2D eigenvalue weighted by Gasteiger charge is 2.28. The van der Waals surface area contributed by atoms with Gasteiger partial charge in [0.05, 0.1) is 0 Å². The first kappa shape index (κ1) is 26.3. The Balaban J connectivity index is 2.05. The van der Waals surface area contributed by atoms with Crippen LogP contribution in [0, 0.1) is 12.8 Å². The SMILES string of the molecule is CC[C@H](C(=O)NCC(C)C)N(Cc1ccccc1C)C(=O)CCCSc1ccc(Cl)cc1. The number of amides is 2. The van der Waals surface area contributed by atoms with E-state index < -0.39 is 6.04 Å². The van der Waals surface area contributed by atoms with E-state index in [1.807, 2.05) is 62.4 Å². The second kappa shape index (κ2) is 13.5. The first-order valence-corrected chi connectivity index (χ1v) is 12.7. The zero-order chi connectivity index (χ0) is 23.5. The van der Waals surface area contributed by atoms with Crippen LogP contribution in [0.1, 0.15) is 51.2 Å². The molecule has 2 amide bonds. The van der Waals surface area contributed by atoms with Gasteiger partial charge in [0.1, 0.15) is 6.04 Å². The quantitative estimate of drug-likeness (QED) is 0.298. The van der Waals surface area contributed by atoms with Gasteiger partial charge in [-0.3, -0.25) is 9.59 Å². The Morgan fingerprint density at radius 1 is 1.09 bits per heavy atom. The average molecular weight is 475 g/mol. The predicted molar refractivity (Wildman–Crippen MR) is 135 cm³/mol. The van der Waals surface area contributed by atoms with E-state index in [0.717, 1.165) is 33.2 Å². The van der Waals surface area contributed by atoms with Crippen molar-refractivity contribution in [1.29, 1.82) is 0 Å². The summed E-state index contributed by atoms with van der Waals surface area (Å²) >= 11 is 7.66. The van der Waals surface area contributed by atoms with Crippen LogP contribution in [0.25, 0.3) is 0 Å². The summed E-state index contributed by atoms with van der Waals surface area (Å²) in [6, 6.07) is 15.3. The Hall–Kier alpha value is -1.98. The predicted octanol–water partition coefficient (Wildman–Crippen LogP) is 6.10. The van der Waals surface area contributed by atoms with Crippen LogP contribution in [0.5, 0.6) is 0 Å². The van der Waals surface area contributed by atoms with Crippen molar-refractivity contribution < 1.29 is 9.59 Å². The molecular formula is C26H35ClN2O2S. The van der Waals surface area contributed by atoms with E-state index in [9.17, 15) is 9.59 Å². The van der Waals surface area contributed by atoms with Gasteiger partial charge in [0.25, 0.3) is 0 Å². The molecule has 0 spiro atoms. The number of hydrogen-bond donors (Lipinski definition) is 1. The van der Waals surface area contributed by atoms with Crippen molar-refractivity contribution in [3.05, 3.63) is 64.7 Å². The van der Waals surface area contributed by atoms with Gasteiger partial charge in [-0.2, -0.15) is 0 Å². The van der Waals surface area contributed by atoms with E-state index >= 15 is 0 Å². The van der Waals surface area contributed by atoms with Crippen LogP contribution in [0.15, 0.2) is 53.4 Å². The summed E-state index contributed by atoms with van der Waals surface area (Å²) in [6.45, 7) is 9.20. The molecule has 0 bridgehead atoms. The molecule has 0 aromatic heterocycles. The highest BCUT2D eigenvalue weighted by molar-refractivity contribution is 7.99. The molecule has 0 unspecified atom stereocenters. The Bertz CT molecular complexity index is 870. The Labute approximate surface area is 202 Å². The van der Waals surface area contributed by atoms with Gasteiger partial charge in [0.2, 0.25) is 11.8 Å². The van der Waals surface area contributed by atoms with Gasteiger partial charge >= 0.3 is 0 Å². The van der Waals surface area contributed by atoms with Gasteiger partial charge in [-0.1, -0.05) is 56.6 Å². The summed E-state index contributed by atoms with van der Waals surface area (Å²) in [5.41, 5.74) is 2.20. The van der Waals surface area contributed by atoms with Gasteiger partial charge in [0.15, 0.2) is 0 Å². The van der Waals surface area contributed by atoms with Crippen molar-refractivity contribution in [3.8, 4) is 0 Å². The molecule has 6 heteroatoms. The molecule has 2 rings (SSSR count). The molecule has 1 atom stereocenters. The fraction of sp³-hybridized carbons (Fsp3) is 0.462. The monoisotopic (exact) mass is 474 g/mol. The molecular weight excluding hydrogens is 440 g/mol. The van der Waals surface area contributed by atoms with E-state index in [1.54, 1.807) is 16.7 Å². The molecule has 4 nitrogen and oxygen atoms in total. The number of carbonyl (C=O) groups is 2. The van der Waals surface area contributed by atoms with Gasteiger partial charge < -0.3 is 10.2 Å². The number of nitrogens with zero attached hydrogens (tertiary/aromatic N) is 1. The molecule has 0 radical (unpaired) electrons. The van der Waals surface area contributed by atoms with E-state index in [1.165, 1.54) is 0 Å². The van der Waals surface area contributed by atoms with Gasteiger partial charge in [-0.15, -0.1) is 11.8 Å². The number of nitrogens with one attached hydrogen (secondary N) is 1. The van der Waals surface area contributed by atoms with Crippen LogP contribution in [-0.2, 0) is 16.1 Å². The van der Waals surface area contributed by atoms with Crippen LogP contribution < -0.4 is 5.32 Å². The second-order valence-electron chi connectivity index (χ2n) is 8.42. The van der Waals surface area contributed by atoms with Crippen molar-refractivity contribution in [2.24, 2.45) is 5.92 Å². The Morgan fingerprint density at radius 3 is 2.41 bits per heavy atom. The third-order valence-corrected chi connectivity index (χ3v) is 6.64. The fourth-order valence-corrected chi connectivity index (χ4v) is 4.38. The second-order valence-corrected chi connectivity index (χ2v) is 10.0. The third-order valence-electron chi connectivity index (χ3n) is 5.29. The highest BCUT2D eigenvalue weighted by atomic mass is 35.5. The minimum Gasteiger partial charge on any atom is -0.354 e. The maximum atomic E-state index is 13.3. The summed E-state index contributed by atoms with van der Waals surface area (Å²) in [5, 5.41) is 3.73. The van der Waals surface area contributed by atoms with Gasteiger partial charge in [0, 0.05) is 29.4 Å². The lowest BCUT2D eigenvalue weighted by Gasteiger charge is -2.31. The molecule has 0 aliphatic carbocycles. The van der Waals surface area contributed by atoms with E-state index in [0.29, 0.717) is 31.8 Å². The van der Waals surface area contributed by atoms with Crippen molar-refractivity contribution in [2.75, 3.05) is 12.3 Å². The molecule has 0 saturated carbocycles. The number of carbonyl (C=O) groups excluding carboxylic acids is 2. The minimum absolute atomic E-state index is 0.0245. The van der Waals surface area contributed by atoms with E-state index in [2.05, 4.69) is 19.2 Å². The number of halogens is 1. The van der Waals surface area contributed by atoms with Crippen molar-refractivity contribution in [2.45, 2.75) is 64.4 Å². The Morgan fingerprint density at radius 2 is 1.78 bits per heavy atom. The van der Waals surface area contributed by atoms with E-state index in [4.69, 9.17) is 11.6 Å². The van der Waals surface area contributed by atoms with Crippen LogP contribution in [0.2, 0.25) is 5.02 Å². The summed E-state index contributed by atoms with van der Waals surface area (Å²) in [6.07, 6.45) is 1.75. The molecule has 2 aromatic carbocycles. The number of rotatable bonds is 12. The van der Waals surface area contributed by atoms with Crippen LogP contribution in [-0.4, -0.2) is 35.1 Å². The van der Waals surface area contributed by atoms with Crippen LogP contribution in [0.3, 0.4) is 0 Å². The lowest BCUT2D eigenvalue weighted by Crippen LogP contribution is -2.49. The lowest BCUT2D eigenvalue weighted by atomic mass is 10.0. The molecule has 1 N–H and O–H groups in total. The maximum absolute atomic E-state index is 13.3. The largest absolute Gasteiger partial charge is 0.354 e. The van der Waals surface area contributed by atoms with E-state index in [-0.39, 0.29) is 11.8 Å². The number of thioether (sulfide) groups is 1. The van der Waals surface area contributed by atoms with Crippen LogP contribution >= 0.6 is 23.4 Å². The van der Waals surface area contributed by atoms with Crippen molar-refractivity contribution in [3.63, 3.8) is 0 Å². The van der Waals surface area contributed by atoms with Crippen molar-refractivity contribution >= 4 is 35.2 Å². The summed E-state index contributed by atoms with van der Waals surface area (Å²) < 4.78 is 0. The van der Waals surface area contributed by atoms with Crippen LogP contribution in [0.4, 0.5) is 0 Å². The van der Waals surface area contributed by atoms with Gasteiger partial charge in [-0.25, -0.2) is 0 Å². The zero-order valence-electron chi connectivity index (χ0n) is 19.6. The number of hydrogen-bond acceptors (Lipinski definition) is 3. The molecule has 0 heterocycles. The fourth-order valence-electron chi connectivity index (χ4n) is 3.40. The summed E-state index contributed by atoms with van der Waals surface area (Å²) in [7, 11) is 0.